The average molecular weight is 301 g/mol. The first-order valence-electron chi connectivity index (χ1n) is 7.05. The number of imidazole rings is 1. The number of halogens is 1. The van der Waals surface area contributed by atoms with Gasteiger partial charge >= 0.3 is 0 Å². The molecule has 0 saturated carbocycles. The number of pyridine rings is 1. The summed E-state index contributed by atoms with van der Waals surface area (Å²) < 4.78 is 7.77. The molecule has 1 unspecified atom stereocenters. The minimum Gasteiger partial charge on any atom is -0.493 e. The molecule has 1 atom stereocenters. The highest BCUT2D eigenvalue weighted by Gasteiger charge is 2.20. The zero-order valence-corrected chi connectivity index (χ0v) is 12.8. The molecule has 0 amide bonds. The van der Waals surface area contributed by atoms with Crippen LogP contribution in [0.1, 0.15) is 24.9 Å². The molecule has 0 aliphatic rings. The van der Waals surface area contributed by atoms with Crippen LogP contribution in [0.25, 0.3) is 16.9 Å². The van der Waals surface area contributed by atoms with Crippen molar-refractivity contribution in [1.29, 1.82) is 0 Å². The van der Waals surface area contributed by atoms with E-state index in [0.717, 1.165) is 28.3 Å². The van der Waals surface area contributed by atoms with Gasteiger partial charge in [-0.2, -0.15) is 0 Å². The molecule has 2 aromatic heterocycles. The molecule has 0 saturated heterocycles. The van der Waals surface area contributed by atoms with Gasteiger partial charge in [0.1, 0.15) is 11.4 Å². The molecule has 1 aromatic carbocycles. The van der Waals surface area contributed by atoms with Crippen molar-refractivity contribution < 1.29 is 4.74 Å². The number of nitrogens with zero attached hydrogens (tertiary/aromatic N) is 2. The Labute approximate surface area is 129 Å². The van der Waals surface area contributed by atoms with E-state index in [1.54, 1.807) is 0 Å². The van der Waals surface area contributed by atoms with Crippen LogP contribution in [0.3, 0.4) is 0 Å². The maximum absolute atomic E-state index is 6.41. The summed E-state index contributed by atoms with van der Waals surface area (Å²) in [5, 5.41) is -0.146. The van der Waals surface area contributed by atoms with Crippen molar-refractivity contribution in [1.82, 2.24) is 9.38 Å². The van der Waals surface area contributed by atoms with E-state index in [1.807, 2.05) is 66.9 Å². The van der Waals surface area contributed by atoms with Gasteiger partial charge in [-0.25, -0.2) is 4.98 Å². The second kappa shape index (κ2) is 5.78. The van der Waals surface area contributed by atoms with Gasteiger partial charge in [0.2, 0.25) is 0 Å². The number of rotatable bonds is 4. The molecule has 0 N–H and O–H groups in total. The molecule has 21 heavy (non-hydrogen) atoms. The normalized spacial score (nSPS) is 12.5. The Morgan fingerprint density at radius 1 is 1.19 bits per heavy atom. The fourth-order valence-electron chi connectivity index (χ4n) is 2.54. The number of benzene rings is 1. The minimum absolute atomic E-state index is 0.146. The first-order chi connectivity index (χ1) is 10.2. The van der Waals surface area contributed by atoms with Crippen molar-refractivity contribution in [2.45, 2.75) is 19.2 Å². The van der Waals surface area contributed by atoms with Gasteiger partial charge in [0.05, 0.1) is 23.4 Å². The van der Waals surface area contributed by atoms with Crippen LogP contribution >= 0.6 is 11.6 Å². The third-order valence-electron chi connectivity index (χ3n) is 3.39. The monoisotopic (exact) mass is 300 g/mol. The van der Waals surface area contributed by atoms with Crippen molar-refractivity contribution in [2.75, 3.05) is 6.61 Å². The van der Waals surface area contributed by atoms with Crippen molar-refractivity contribution in [3.8, 4) is 17.0 Å². The summed E-state index contributed by atoms with van der Waals surface area (Å²) in [5.41, 5.74) is 3.74. The summed E-state index contributed by atoms with van der Waals surface area (Å²) in [7, 11) is 0. The first-order valence-corrected chi connectivity index (χ1v) is 7.49. The van der Waals surface area contributed by atoms with Crippen molar-refractivity contribution in [3.05, 3.63) is 54.4 Å². The molecule has 0 bridgehead atoms. The van der Waals surface area contributed by atoms with E-state index < -0.39 is 0 Å². The van der Waals surface area contributed by atoms with Crippen LogP contribution in [0.2, 0.25) is 0 Å². The quantitative estimate of drug-likeness (QED) is 0.653. The molecule has 0 radical (unpaired) electrons. The highest BCUT2D eigenvalue weighted by Crippen LogP contribution is 2.36. The Morgan fingerprint density at radius 2 is 1.95 bits per heavy atom. The summed E-state index contributed by atoms with van der Waals surface area (Å²) in [4.78, 5) is 4.75. The van der Waals surface area contributed by atoms with Crippen LogP contribution < -0.4 is 4.74 Å². The number of ether oxygens (including phenoxy) is 1. The van der Waals surface area contributed by atoms with Gasteiger partial charge in [0.25, 0.3) is 0 Å². The van der Waals surface area contributed by atoms with Crippen LogP contribution in [0.5, 0.6) is 5.75 Å². The van der Waals surface area contributed by atoms with Crippen LogP contribution in [0, 0.1) is 0 Å². The van der Waals surface area contributed by atoms with Crippen molar-refractivity contribution >= 4 is 17.2 Å². The predicted molar refractivity (Wildman–Crippen MR) is 86.1 cm³/mol. The maximum Gasteiger partial charge on any atom is 0.137 e. The number of aromatic nitrogens is 2. The highest BCUT2D eigenvalue weighted by molar-refractivity contribution is 6.20. The molecular formula is C17H17ClN2O. The summed E-state index contributed by atoms with van der Waals surface area (Å²) >= 11 is 6.41. The molecule has 2 heterocycles. The molecule has 0 spiro atoms. The molecule has 0 fully saturated rings. The molecule has 3 nitrogen and oxygen atoms in total. The second-order valence-corrected chi connectivity index (χ2v) is 5.47. The lowest BCUT2D eigenvalue weighted by Gasteiger charge is -2.11. The summed E-state index contributed by atoms with van der Waals surface area (Å²) in [6.45, 7) is 4.56. The van der Waals surface area contributed by atoms with E-state index in [-0.39, 0.29) is 5.38 Å². The predicted octanol–water partition coefficient (Wildman–Crippen LogP) is 4.70. The van der Waals surface area contributed by atoms with Crippen molar-refractivity contribution in [2.24, 2.45) is 0 Å². The lowest BCUT2D eigenvalue weighted by atomic mass is 10.1. The number of alkyl halides is 1. The van der Waals surface area contributed by atoms with Gasteiger partial charge < -0.3 is 9.14 Å². The van der Waals surface area contributed by atoms with Crippen molar-refractivity contribution in [3.63, 3.8) is 0 Å². The summed E-state index contributed by atoms with van der Waals surface area (Å²) in [6.07, 6.45) is 1.99. The summed E-state index contributed by atoms with van der Waals surface area (Å²) in [5.74, 6) is 0.835. The van der Waals surface area contributed by atoms with E-state index in [4.69, 9.17) is 21.3 Å². The van der Waals surface area contributed by atoms with Crippen LogP contribution in [0.15, 0.2) is 48.7 Å². The lowest BCUT2D eigenvalue weighted by molar-refractivity contribution is 0.341. The molecule has 108 valence electrons. The molecular weight excluding hydrogens is 284 g/mol. The topological polar surface area (TPSA) is 26.5 Å². The fraction of sp³-hybridized carbons (Fsp3) is 0.235. The fourth-order valence-corrected chi connectivity index (χ4v) is 2.75. The zero-order chi connectivity index (χ0) is 14.8. The Balaban J connectivity index is 2.27. The highest BCUT2D eigenvalue weighted by atomic mass is 35.5. The zero-order valence-electron chi connectivity index (χ0n) is 12.1. The number of fused-ring (bicyclic) bond motifs is 1. The van der Waals surface area contributed by atoms with Gasteiger partial charge in [0.15, 0.2) is 0 Å². The Morgan fingerprint density at radius 3 is 2.71 bits per heavy atom. The molecule has 0 aliphatic heterocycles. The van der Waals surface area contributed by atoms with E-state index in [0.29, 0.717) is 6.61 Å². The van der Waals surface area contributed by atoms with E-state index in [9.17, 15) is 0 Å². The SMILES string of the molecule is CCOc1ccccc1-c1nc2ccccn2c1C(C)Cl. The third kappa shape index (κ3) is 2.49. The van der Waals surface area contributed by atoms with Gasteiger partial charge in [-0.1, -0.05) is 18.2 Å². The van der Waals surface area contributed by atoms with Gasteiger partial charge in [-0.3, -0.25) is 0 Å². The molecule has 4 heteroatoms. The second-order valence-electron chi connectivity index (χ2n) is 4.82. The van der Waals surface area contributed by atoms with E-state index >= 15 is 0 Å². The van der Waals surface area contributed by atoms with Crippen LogP contribution in [0.4, 0.5) is 0 Å². The Bertz CT molecular complexity index is 764. The third-order valence-corrected chi connectivity index (χ3v) is 3.59. The van der Waals surface area contributed by atoms with E-state index in [2.05, 4.69) is 0 Å². The van der Waals surface area contributed by atoms with Gasteiger partial charge in [0, 0.05) is 11.8 Å². The smallest absolute Gasteiger partial charge is 0.137 e. The lowest BCUT2D eigenvalue weighted by Crippen LogP contribution is -1.98. The molecule has 0 aliphatic carbocycles. The standard InChI is InChI=1S/C17H17ClN2O/c1-3-21-14-9-5-4-8-13(14)16-17(12(2)18)20-11-7-6-10-15(20)19-16/h4-12H,3H2,1-2H3. The van der Waals surface area contributed by atoms with E-state index in [1.165, 1.54) is 0 Å². The first kappa shape index (κ1) is 14.0. The largest absolute Gasteiger partial charge is 0.493 e. The maximum atomic E-state index is 6.41. The molecule has 3 rings (SSSR count). The number of para-hydroxylation sites is 1. The van der Waals surface area contributed by atoms with Gasteiger partial charge in [-0.15, -0.1) is 11.6 Å². The number of hydrogen-bond donors (Lipinski definition) is 0. The minimum atomic E-state index is -0.146. The summed E-state index contributed by atoms with van der Waals surface area (Å²) in [6, 6.07) is 13.9. The Kier molecular flexibility index (Phi) is 3.84. The van der Waals surface area contributed by atoms with Gasteiger partial charge in [-0.05, 0) is 38.1 Å². The Hall–Kier alpha value is -2.00. The molecule has 3 aromatic rings. The average Bonchev–Trinajstić information content (AvgIpc) is 2.87. The van der Waals surface area contributed by atoms with Crippen LogP contribution in [-0.4, -0.2) is 16.0 Å². The number of hydrogen-bond acceptors (Lipinski definition) is 2. The van der Waals surface area contributed by atoms with Crippen LogP contribution in [-0.2, 0) is 0 Å².